The molecule has 0 amide bonds. The monoisotopic (exact) mass is 374 g/mol. The Morgan fingerprint density at radius 3 is 1.65 bits per heavy atom. The Bertz CT molecular complexity index is 347. The Hall–Kier alpha value is 1.51. The first-order valence-corrected chi connectivity index (χ1v) is 10.5. The van der Waals surface area contributed by atoms with E-state index in [1.54, 1.807) is 0 Å². The van der Waals surface area contributed by atoms with Crippen LogP contribution in [-0.4, -0.2) is 29.4 Å². The molecule has 0 bridgehead atoms. The normalized spacial score (nSPS) is 14.3. The summed E-state index contributed by atoms with van der Waals surface area (Å²) in [7, 11) is -4.10. The summed E-state index contributed by atoms with van der Waals surface area (Å²) in [4.78, 5) is 0. The van der Waals surface area contributed by atoms with E-state index in [0.29, 0.717) is 6.42 Å². The van der Waals surface area contributed by atoms with Gasteiger partial charge in [0.15, 0.2) is 0 Å². The van der Waals surface area contributed by atoms with Crippen molar-refractivity contribution in [3.63, 3.8) is 0 Å². The van der Waals surface area contributed by atoms with Crippen LogP contribution in [0.1, 0.15) is 97.3 Å². The quantitative estimate of drug-likeness (QED) is 0.267. The van der Waals surface area contributed by atoms with Crippen molar-refractivity contribution in [1.82, 2.24) is 0 Å². The molecule has 0 saturated carbocycles. The Balaban J connectivity index is 0. The molecular weight excluding hydrogens is 339 g/mol. The molecule has 0 fully saturated rings. The molecule has 0 aromatic carbocycles. The summed E-state index contributed by atoms with van der Waals surface area (Å²) in [5.74, 6) is 0. The van der Waals surface area contributed by atoms with Crippen LogP contribution in [0.25, 0.3) is 0 Å². The van der Waals surface area contributed by atoms with Gasteiger partial charge in [-0.05, 0) is 26.2 Å². The molecule has 0 aromatic rings. The van der Waals surface area contributed by atoms with E-state index in [1.807, 2.05) is 0 Å². The van der Waals surface area contributed by atoms with E-state index in [4.69, 9.17) is 0 Å². The summed E-state index contributed by atoms with van der Waals surface area (Å²) in [5.41, 5.74) is 0. The van der Waals surface area contributed by atoms with Gasteiger partial charge in [-0.1, -0.05) is 71.1 Å². The smallest absolute Gasteiger partial charge is 0.748 e. The van der Waals surface area contributed by atoms with Crippen LogP contribution in [0.3, 0.4) is 0 Å². The third-order valence-electron chi connectivity index (χ3n) is 4.28. The van der Waals surface area contributed by atoms with Crippen molar-refractivity contribution in [3.8, 4) is 0 Å². The van der Waals surface area contributed by atoms with Gasteiger partial charge in [0, 0.05) is 5.25 Å². The molecule has 2 atom stereocenters. The number of hydrogen-bond donors (Lipinski definition) is 1. The van der Waals surface area contributed by atoms with Crippen LogP contribution in [0.15, 0.2) is 0 Å². The van der Waals surface area contributed by atoms with E-state index in [1.165, 1.54) is 26.2 Å². The Labute approximate surface area is 186 Å². The first kappa shape index (κ1) is 26.7. The predicted octanol–water partition coefficient (Wildman–Crippen LogP) is 1.38. The maximum Gasteiger partial charge on any atom is 1.00 e. The van der Waals surface area contributed by atoms with Crippen LogP contribution in [0.4, 0.5) is 0 Å². The van der Waals surface area contributed by atoms with Crippen LogP contribution in [0.2, 0.25) is 0 Å². The van der Waals surface area contributed by atoms with Crippen LogP contribution in [0.5, 0.6) is 0 Å². The second-order valence-electron chi connectivity index (χ2n) is 6.51. The first-order chi connectivity index (χ1) is 10.4. The van der Waals surface area contributed by atoms with E-state index in [2.05, 4.69) is 6.92 Å². The second kappa shape index (κ2) is 16.9. The van der Waals surface area contributed by atoms with E-state index in [9.17, 15) is 18.1 Å². The molecule has 134 valence electrons. The van der Waals surface area contributed by atoms with Crippen molar-refractivity contribution in [3.05, 3.63) is 0 Å². The number of hydrogen-bond acceptors (Lipinski definition) is 4. The zero-order valence-corrected chi connectivity index (χ0v) is 19.4. The fraction of sp³-hybridized carbons (Fsp3) is 1.00. The standard InChI is InChI=1S/C17H36O4S.K/c1-3-4-10-14-17(18)15-12-9-7-5-6-8-11-13-16(2)22(19,20)21;/h16-18H,3-15H2,1-2H3,(H,19,20,21);/q;+1/p-1. The summed E-state index contributed by atoms with van der Waals surface area (Å²) in [6, 6.07) is 0. The number of unbranched alkanes of at least 4 members (excludes halogenated alkanes) is 8. The summed E-state index contributed by atoms with van der Waals surface area (Å²) in [6.45, 7) is 3.67. The van der Waals surface area contributed by atoms with E-state index in [0.717, 1.165) is 57.8 Å². The van der Waals surface area contributed by atoms with E-state index >= 15 is 0 Å². The summed E-state index contributed by atoms with van der Waals surface area (Å²) >= 11 is 0. The van der Waals surface area contributed by atoms with Gasteiger partial charge < -0.3 is 9.66 Å². The van der Waals surface area contributed by atoms with Gasteiger partial charge in [-0.3, -0.25) is 0 Å². The predicted molar refractivity (Wildman–Crippen MR) is 90.9 cm³/mol. The minimum absolute atomic E-state index is 0. The zero-order valence-electron chi connectivity index (χ0n) is 15.4. The molecule has 0 spiro atoms. The molecule has 0 radical (unpaired) electrons. The molecule has 0 heterocycles. The molecule has 0 aliphatic carbocycles. The van der Waals surface area contributed by atoms with Gasteiger partial charge in [0.2, 0.25) is 0 Å². The number of aliphatic hydroxyl groups excluding tert-OH is 1. The molecule has 0 saturated heterocycles. The van der Waals surface area contributed by atoms with Crippen molar-refractivity contribution in [2.24, 2.45) is 0 Å². The number of rotatable bonds is 15. The van der Waals surface area contributed by atoms with Gasteiger partial charge in [0.05, 0.1) is 16.2 Å². The van der Waals surface area contributed by atoms with Crippen LogP contribution >= 0.6 is 0 Å². The topological polar surface area (TPSA) is 77.4 Å². The van der Waals surface area contributed by atoms with Crippen molar-refractivity contribution in [2.45, 2.75) is 109 Å². The fourth-order valence-corrected chi connectivity index (χ4v) is 3.07. The molecule has 4 nitrogen and oxygen atoms in total. The van der Waals surface area contributed by atoms with Crippen LogP contribution < -0.4 is 51.4 Å². The minimum atomic E-state index is -4.10. The van der Waals surface area contributed by atoms with Gasteiger partial charge in [-0.25, -0.2) is 8.42 Å². The third-order valence-corrected chi connectivity index (χ3v) is 5.50. The van der Waals surface area contributed by atoms with Crippen LogP contribution in [-0.2, 0) is 10.1 Å². The maximum absolute atomic E-state index is 10.7. The zero-order chi connectivity index (χ0) is 16.8. The molecule has 6 heteroatoms. The van der Waals surface area contributed by atoms with Crippen molar-refractivity contribution in [2.75, 3.05) is 0 Å². The van der Waals surface area contributed by atoms with Gasteiger partial charge in [0.25, 0.3) is 0 Å². The molecule has 1 N–H and O–H groups in total. The summed E-state index contributed by atoms with van der Waals surface area (Å²) in [5, 5.41) is 9.04. The molecular formula is C17H35KO4S. The largest absolute Gasteiger partial charge is 1.00 e. The summed E-state index contributed by atoms with van der Waals surface area (Å²) < 4.78 is 32.2. The van der Waals surface area contributed by atoms with E-state index in [-0.39, 0.29) is 57.5 Å². The minimum Gasteiger partial charge on any atom is -0.748 e. The van der Waals surface area contributed by atoms with Crippen LogP contribution in [0, 0.1) is 0 Å². The van der Waals surface area contributed by atoms with Gasteiger partial charge >= 0.3 is 51.4 Å². The van der Waals surface area contributed by atoms with Crippen molar-refractivity contribution in [1.29, 1.82) is 0 Å². The average molecular weight is 375 g/mol. The number of aliphatic hydroxyl groups is 1. The van der Waals surface area contributed by atoms with Gasteiger partial charge in [-0.15, -0.1) is 0 Å². The molecule has 23 heavy (non-hydrogen) atoms. The van der Waals surface area contributed by atoms with Gasteiger partial charge in [-0.2, -0.15) is 0 Å². The Kier molecular flexibility index (Phi) is 19.7. The molecule has 2 unspecified atom stereocenters. The van der Waals surface area contributed by atoms with E-state index < -0.39 is 15.4 Å². The molecule has 0 rings (SSSR count). The molecule has 0 aliphatic heterocycles. The van der Waals surface area contributed by atoms with Crippen molar-refractivity contribution < 1.29 is 69.5 Å². The maximum atomic E-state index is 10.7. The Morgan fingerprint density at radius 1 is 0.826 bits per heavy atom. The molecule has 0 aliphatic rings. The average Bonchev–Trinajstić information content (AvgIpc) is 2.44. The Morgan fingerprint density at radius 2 is 1.22 bits per heavy atom. The van der Waals surface area contributed by atoms with Gasteiger partial charge in [0.1, 0.15) is 0 Å². The SMILES string of the molecule is CCCCCC(O)CCCCCCCCCC(C)S(=O)(=O)[O-].[K+]. The third kappa shape index (κ3) is 18.1. The molecule has 0 aromatic heterocycles. The fourth-order valence-electron chi connectivity index (χ4n) is 2.61. The van der Waals surface area contributed by atoms with Crippen molar-refractivity contribution >= 4 is 10.1 Å². The second-order valence-corrected chi connectivity index (χ2v) is 8.30. The first-order valence-electron chi connectivity index (χ1n) is 9.00. The summed E-state index contributed by atoms with van der Waals surface area (Å²) in [6.07, 6.45) is 13.3.